The van der Waals surface area contributed by atoms with E-state index >= 15 is 0 Å². The Balaban J connectivity index is 1.58. The number of carbonyl (C=O) groups is 1. The topological polar surface area (TPSA) is 194 Å². The van der Waals surface area contributed by atoms with E-state index < -0.39 is 58.5 Å². The molecule has 5 atom stereocenters. The Morgan fingerprint density at radius 3 is 1.94 bits per heavy atom. The van der Waals surface area contributed by atoms with Crippen LogP contribution in [0.15, 0.2) is 90.0 Å². The van der Waals surface area contributed by atoms with Crippen molar-refractivity contribution in [3.63, 3.8) is 0 Å². The number of hydrogen-bond acceptors (Lipinski definition) is 14. The highest BCUT2D eigenvalue weighted by Gasteiger charge is 2.53. The third-order valence-electron chi connectivity index (χ3n) is 13.1. The first-order valence-electron chi connectivity index (χ1n) is 24.3. The van der Waals surface area contributed by atoms with Crippen molar-refractivity contribution in [1.29, 1.82) is 5.26 Å². The molecule has 5 aromatic rings. The van der Waals surface area contributed by atoms with Crippen LogP contribution in [-0.4, -0.2) is 103 Å². The Hall–Kier alpha value is -5.06. The molecule has 0 spiro atoms. The molecule has 71 heavy (non-hydrogen) atoms. The number of hydrogen-bond donors (Lipinski definition) is 2. The van der Waals surface area contributed by atoms with Gasteiger partial charge < -0.3 is 37.2 Å². The van der Waals surface area contributed by atoms with Crippen LogP contribution < -0.4 is 20.3 Å². The highest BCUT2D eigenvalue weighted by Crippen LogP contribution is 2.52. The van der Waals surface area contributed by atoms with Gasteiger partial charge in [0, 0.05) is 19.0 Å². The van der Waals surface area contributed by atoms with E-state index in [4.69, 9.17) is 37.2 Å². The number of rotatable bonds is 25. The van der Waals surface area contributed by atoms with Gasteiger partial charge in [-0.05, 0) is 85.3 Å². The third-order valence-corrected chi connectivity index (χ3v) is 21.2. The van der Waals surface area contributed by atoms with Crippen molar-refractivity contribution < 1.29 is 42.0 Å². The minimum absolute atomic E-state index is 0.0177. The Morgan fingerprint density at radius 2 is 1.44 bits per heavy atom. The Kier molecular flexibility index (Phi) is 19.1. The van der Waals surface area contributed by atoms with Crippen LogP contribution in [-0.2, 0) is 38.1 Å². The van der Waals surface area contributed by atoms with Crippen molar-refractivity contribution in [3.05, 3.63) is 112 Å². The summed E-state index contributed by atoms with van der Waals surface area (Å²) in [5.41, 5.74) is 1.60. The van der Waals surface area contributed by atoms with Gasteiger partial charge in [0.15, 0.2) is 17.4 Å². The Morgan fingerprint density at radius 1 is 0.873 bits per heavy atom. The van der Waals surface area contributed by atoms with Gasteiger partial charge in [-0.25, -0.2) is 9.65 Å². The largest absolute Gasteiger partial charge is 0.497 e. The van der Waals surface area contributed by atoms with Gasteiger partial charge in [-0.2, -0.15) is 10.2 Å². The number of ether oxygens (including phenoxy) is 5. The van der Waals surface area contributed by atoms with Crippen molar-refractivity contribution in [3.8, 4) is 17.6 Å². The number of nitriles is 1. The smallest absolute Gasteiger partial charge is 0.280 e. The van der Waals surface area contributed by atoms with E-state index in [1.807, 2.05) is 78.9 Å². The average Bonchev–Trinajstić information content (AvgIpc) is 3.91. The monoisotopic (exact) mass is 1010 g/mol. The van der Waals surface area contributed by atoms with Crippen molar-refractivity contribution in [2.24, 2.45) is 0 Å². The second-order valence-corrected chi connectivity index (χ2v) is 26.0. The number of benzene rings is 3. The van der Waals surface area contributed by atoms with Crippen LogP contribution >= 0.6 is 8.53 Å². The van der Waals surface area contributed by atoms with Gasteiger partial charge in [0.2, 0.25) is 20.2 Å². The van der Waals surface area contributed by atoms with Crippen molar-refractivity contribution in [1.82, 2.24) is 24.2 Å². The van der Waals surface area contributed by atoms with E-state index in [1.165, 1.54) is 13.3 Å². The van der Waals surface area contributed by atoms with Crippen LogP contribution in [0.25, 0.3) is 11.2 Å². The van der Waals surface area contributed by atoms with Crippen LogP contribution in [0.1, 0.15) is 106 Å². The molecule has 1 fully saturated rings. The van der Waals surface area contributed by atoms with Crippen molar-refractivity contribution >= 4 is 39.9 Å². The molecule has 0 saturated carbocycles. The summed E-state index contributed by atoms with van der Waals surface area (Å²) >= 11 is 0. The first-order chi connectivity index (χ1) is 33.9. The highest BCUT2D eigenvalue weighted by atomic mass is 31.2. The number of aromatic nitrogens is 4. The minimum atomic E-state index is -2.49. The van der Waals surface area contributed by atoms with Crippen LogP contribution in [0.4, 0.5) is 5.95 Å². The zero-order valence-electron chi connectivity index (χ0n) is 43.4. The van der Waals surface area contributed by atoms with Gasteiger partial charge in [-0.1, -0.05) is 96.1 Å². The zero-order valence-corrected chi connectivity index (χ0v) is 45.3. The maximum absolute atomic E-state index is 13.6. The molecule has 1 aliphatic heterocycles. The second-order valence-electron chi connectivity index (χ2n) is 19.1. The first-order valence-corrected chi connectivity index (χ1v) is 27.6. The number of nitrogens with zero attached hydrogens (tertiary/aromatic N) is 5. The summed E-state index contributed by atoms with van der Waals surface area (Å²) in [6.07, 6.45) is -2.27. The van der Waals surface area contributed by atoms with E-state index in [-0.39, 0.29) is 72.2 Å². The summed E-state index contributed by atoms with van der Waals surface area (Å²) in [7, 11) is -1.15. The number of methoxy groups -OCH3 is 2. The molecule has 2 aromatic heterocycles. The second kappa shape index (κ2) is 24.6. The molecular weight excluding hydrogens is 942 g/mol. The van der Waals surface area contributed by atoms with Crippen LogP contribution in [0.2, 0.25) is 16.6 Å². The Labute approximate surface area is 420 Å². The van der Waals surface area contributed by atoms with Crippen LogP contribution in [0.5, 0.6) is 11.5 Å². The zero-order chi connectivity index (χ0) is 51.6. The lowest BCUT2D eigenvalue weighted by atomic mass is 9.80. The van der Waals surface area contributed by atoms with Gasteiger partial charge in [-0.3, -0.25) is 24.5 Å². The molecule has 0 aliphatic carbocycles. The predicted octanol–water partition coefficient (Wildman–Crippen LogP) is 10.2. The molecular formula is C52H72N7O10PSi. The summed E-state index contributed by atoms with van der Waals surface area (Å²) < 4.78 is 57.8. The lowest BCUT2D eigenvalue weighted by molar-refractivity contribution is -0.123. The number of aromatic amines is 1. The molecule has 1 saturated heterocycles. The first kappa shape index (κ1) is 55.3. The van der Waals surface area contributed by atoms with Crippen LogP contribution in [0.3, 0.4) is 0 Å². The summed E-state index contributed by atoms with van der Waals surface area (Å²) in [6, 6.07) is 27.6. The SMILES string of the molecule is COc1ccc(C(OC[C@H]2O[C@@H](n3cnc4c(=O)[nH]c(NC(C)=O)nc43)[C@H](OP(OCCC#N)N(C(C)C)C(C)C)[C@@H]2OCO[Si](C(C)C)(C(C)C)C(C)C)(c2ccccc2)c2ccc(OC)cc2)cc1. The summed E-state index contributed by atoms with van der Waals surface area (Å²) in [5.74, 6) is 0.864. The van der Waals surface area contributed by atoms with E-state index in [2.05, 4.69) is 100 Å². The lowest BCUT2D eigenvalue weighted by Gasteiger charge is -2.42. The van der Waals surface area contributed by atoms with Gasteiger partial charge in [-0.15, -0.1) is 0 Å². The normalized spacial score (nSPS) is 18.1. The fourth-order valence-electron chi connectivity index (χ4n) is 10.1. The number of imidazole rings is 1. The minimum Gasteiger partial charge on any atom is -0.497 e. The number of fused-ring (bicyclic) bond motifs is 1. The van der Waals surface area contributed by atoms with Gasteiger partial charge >= 0.3 is 0 Å². The molecule has 0 radical (unpaired) electrons. The standard InChI is InChI=1S/C52H72N7O10PSi/c1-33(2)59(34(3)4)70(66-29-17-28-53)69-47-46(64-32-67-71(35(5)6,36(7)8)37(9)10)44(68-50(47)58-31-54-45-48(58)56-51(55-38(11)60)57-49(45)61)30-65-52(39-18-15-14-16-19-39,40-20-24-42(62-12)25-21-40)41-22-26-43(63-13)27-23-41/h14-16,18-27,31,33-37,44,46-47,50H,17,29-30,32H2,1-13H3,(H2,55,56,57,60,61)/t44-,46-,47-,50-,70?/m1/s1. The van der Waals surface area contributed by atoms with E-state index in [0.717, 1.165) is 16.7 Å². The number of amides is 1. The van der Waals surface area contributed by atoms with Gasteiger partial charge in [0.05, 0.1) is 46.3 Å². The predicted molar refractivity (Wildman–Crippen MR) is 277 cm³/mol. The Bertz CT molecular complexity index is 2510. The van der Waals surface area contributed by atoms with Crippen molar-refractivity contribution in [2.45, 2.75) is 141 Å². The van der Waals surface area contributed by atoms with Crippen molar-refractivity contribution in [2.75, 3.05) is 39.5 Å². The van der Waals surface area contributed by atoms with Crippen LogP contribution in [0, 0.1) is 11.3 Å². The number of nitrogens with one attached hydrogen (secondary N) is 2. The summed E-state index contributed by atoms with van der Waals surface area (Å²) in [5, 5.41) is 12.2. The maximum atomic E-state index is 13.6. The van der Waals surface area contributed by atoms with E-state index in [9.17, 15) is 14.9 Å². The highest BCUT2D eigenvalue weighted by molar-refractivity contribution is 7.44. The molecule has 1 aliphatic rings. The quantitative estimate of drug-likeness (QED) is 0.0184. The molecule has 3 aromatic carbocycles. The molecule has 17 nitrogen and oxygen atoms in total. The number of anilines is 1. The molecule has 3 heterocycles. The molecule has 384 valence electrons. The van der Waals surface area contributed by atoms with E-state index in [0.29, 0.717) is 11.5 Å². The number of carbonyl (C=O) groups excluding carboxylic acids is 1. The maximum Gasteiger partial charge on any atom is 0.280 e. The summed E-state index contributed by atoms with van der Waals surface area (Å²) in [6.45, 7) is 22.8. The molecule has 0 bridgehead atoms. The molecule has 1 unspecified atom stereocenters. The molecule has 19 heteroatoms. The number of H-pyrrole nitrogens is 1. The fourth-order valence-corrected chi connectivity index (χ4v) is 17.1. The summed E-state index contributed by atoms with van der Waals surface area (Å²) in [4.78, 5) is 37.6. The lowest BCUT2D eigenvalue weighted by Crippen LogP contribution is -2.49. The third kappa shape index (κ3) is 12.1. The molecule has 6 rings (SSSR count). The molecule has 1 amide bonds. The van der Waals surface area contributed by atoms with Gasteiger partial charge in [0.25, 0.3) is 14.1 Å². The van der Waals surface area contributed by atoms with Gasteiger partial charge in [0.1, 0.15) is 42.2 Å². The fraction of sp³-hybridized carbons (Fsp3) is 0.519. The van der Waals surface area contributed by atoms with E-state index in [1.54, 1.807) is 18.8 Å². The average molecular weight is 1010 g/mol. The molecule has 2 N–H and O–H groups in total.